The summed E-state index contributed by atoms with van der Waals surface area (Å²) in [5.74, 6) is 0.158. The van der Waals surface area contributed by atoms with Crippen molar-refractivity contribution < 1.29 is 13.2 Å². The minimum Gasteiger partial charge on any atom is -0.166 e. The number of hydrogen-bond acceptors (Lipinski definition) is 0. The molecule has 4 heteroatoms. The van der Waals surface area contributed by atoms with E-state index in [-0.39, 0.29) is 11.3 Å². The SMILES string of the molecule is CC(Cl)C(C)Cc1cccc(C(F)(F)F)c1. The van der Waals surface area contributed by atoms with Crippen LogP contribution in [0.15, 0.2) is 24.3 Å². The van der Waals surface area contributed by atoms with Crippen molar-refractivity contribution in [2.75, 3.05) is 0 Å². The molecule has 0 aliphatic rings. The van der Waals surface area contributed by atoms with Gasteiger partial charge in [0.25, 0.3) is 0 Å². The lowest BCUT2D eigenvalue weighted by Crippen LogP contribution is -2.11. The molecular weight excluding hydrogens is 237 g/mol. The smallest absolute Gasteiger partial charge is 0.166 e. The molecule has 0 saturated carbocycles. The molecular formula is C12H14ClF3. The van der Waals surface area contributed by atoms with E-state index >= 15 is 0 Å². The molecule has 0 spiro atoms. The minimum absolute atomic E-state index is 0.0467. The van der Waals surface area contributed by atoms with Gasteiger partial charge in [-0.25, -0.2) is 0 Å². The molecule has 0 heterocycles. The summed E-state index contributed by atoms with van der Waals surface area (Å²) in [5, 5.41) is -0.0467. The van der Waals surface area contributed by atoms with Crippen molar-refractivity contribution in [2.45, 2.75) is 31.8 Å². The maximum Gasteiger partial charge on any atom is 0.416 e. The molecule has 0 nitrogen and oxygen atoms in total. The van der Waals surface area contributed by atoms with Gasteiger partial charge < -0.3 is 0 Å². The first-order valence-corrected chi connectivity index (χ1v) is 5.54. The molecule has 0 N–H and O–H groups in total. The molecule has 0 fully saturated rings. The summed E-state index contributed by atoms with van der Waals surface area (Å²) in [6, 6.07) is 5.41. The van der Waals surface area contributed by atoms with Crippen LogP contribution in [0.5, 0.6) is 0 Å². The molecule has 16 heavy (non-hydrogen) atoms. The highest BCUT2D eigenvalue weighted by Gasteiger charge is 2.30. The van der Waals surface area contributed by atoms with Gasteiger partial charge in [-0.15, -0.1) is 11.6 Å². The Morgan fingerprint density at radius 1 is 1.25 bits per heavy atom. The van der Waals surface area contributed by atoms with E-state index in [0.717, 1.165) is 6.07 Å². The molecule has 0 aromatic heterocycles. The molecule has 2 unspecified atom stereocenters. The highest BCUT2D eigenvalue weighted by atomic mass is 35.5. The van der Waals surface area contributed by atoms with Crippen LogP contribution < -0.4 is 0 Å². The van der Waals surface area contributed by atoms with Crippen molar-refractivity contribution >= 4 is 11.6 Å². The van der Waals surface area contributed by atoms with E-state index in [1.165, 1.54) is 12.1 Å². The fourth-order valence-corrected chi connectivity index (χ4v) is 1.50. The quantitative estimate of drug-likeness (QED) is 0.693. The number of rotatable bonds is 3. The Hall–Kier alpha value is -0.700. The Labute approximate surface area is 98.4 Å². The summed E-state index contributed by atoms with van der Waals surface area (Å²) in [6.45, 7) is 3.78. The topological polar surface area (TPSA) is 0 Å². The molecule has 1 aromatic rings. The second kappa shape index (κ2) is 5.09. The zero-order chi connectivity index (χ0) is 12.3. The van der Waals surface area contributed by atoms with Gasteiger partial charge in [0.05, 0.1) is 5.56 Å². The second-order valence-corrected chi connectivity index (χ2v) is 4.75. The minimum atomic E-state index is -4.27. The highest BCUT2D eigenvalue weighted by molar-refractivity contribution is 6.20. The van der Waals surface area contributed by atoms with E-state index in [9.17, 15) is 13.2 Å². The van der Waals surface area contributed by atoms with Crippen LogP contribution in [0.4, 0.5) is 13.2 Å². The van der Waals surface area contributed by atoms with Gasteiger partial charge in [-0.1, -0.05) is 25.1 Å². The third kappa shape index (κ3) is 3.71. The summed E-state index contributed by atoms with van der Waals surface area (Å²) in [6.07, 6.45) is -3.71. The summed E-state index contributed by atoms with van der Waals surface area (Å²) in [5.41, 5.74) is 0.0780. The van der Waals surface area contributed by atoms with Crippen LogP contribution in [0.2, 0.25) is 0 Å². The van der Waals surface area contributed by atoms with Gasteiger partial charge in [0.1, 0.15) is 0 Å². The molecule has 1 aromatic carbocycles. The first-order valence-electron chi connectivity index (χ1n) is 5.11. The van der Waals surface area contributed by atoms with Crippen LogP contribution in [-0.2, 0) is 12.6 Å². The molecule has 90 valence electrons. The molecule has 0 saturated heterocycles. The Balaban J connectivity index is 2.83. The summed E-state index contributed by atoms with van der Waals surface area (Å²) >= 11 is 5.89. The maximum absolute atomic E-state index is 12.4. The third-order valence-electron chi connectivity index (χ3n) is 2.60. The van der Waals surface area contributed by atoms with E-state index < -0.39 is 11.7 Å². The number of halogens is 4. The van der Waals surface area contributed by atoms with Crippen molar-refractivity contribution in [2.24, 2.45) is 5.92 Å². The Bertz CT molecular complexity index is 344. The molecule has 0 radical (unpaired) electrons. The third-order valence-corrected chi connectivity index (χ3v) is 3.03. The lowest BCUT2D eigenvalue weighted by Gasteiger charge is -2.15. The Kier molecular flexibility index (Phi) is 4.25. The second-order valence-electron chi connectivity index (χ2n) is 4.06. The van der Waals surface area contributed by atoms with Gasteiger partial charge in [-0.05, 0) is 30.9 Å². The van der Waals surface area contributed by atoms with Crippen LogP contribution in [0.25, 0.3) is 0 Å². The summed E-state index contributed by atoms with van der Waals surface area (Å²) in [4.78, 5) is 0. The number of hydrogen-bond donors (Lipinski definition) is 0. The highest BCUT2D eigenvalue weighted by Crippen LogP contribution is 2.30. The summed E-state index contributed by atoms with van der Waals surface area (Å²) in [7, 11) is 0. The molecule has 0 bridgehead atoms. The van der Waals surface area contributed by atoms with Gasteiger partial charge in [0.2, 0.25) is 0 Å². The maximum atomic E-state index is 12.4. The summed E-state index contributed by atoms with van der Waals surface area (Å²) < 4.78 is 37.3. The first kappa shape index (κ1) is 13.4. The van der Waals surface area contributed by atoms with Crippen LogP contribution in [0.3, 0.4) is 0 Å². The lowest BCUT2D eigenvalue weighted by molar-refractivity contribution is -0.137. The van der Waals surface area contributed by atoms with Gasteiger partial charge in [0.15, 0.2) is 0 Å². The zero-order valence-corrected chi connectivity index (χ0v) is 9.94. The van der Waals surface area contributed by atoms with Crippen molar-refractivity contribution in [1.82, 2.24) is 0 Å². The fraction of sp³-hybridized carbons (Fsp3) is 0.500. The van der Waals surface area contributed by atoms with E-state index in [0.29, 0.717) is 12.0 Å². The molecule has 1 rings (SSSR count). The van der Waals surface area contributed by atoms with Crippen molar-refractivity contribution in [3.8, 4) is 0 Å². The number of benzene rings is 1. The average Bonchev–Trinajstić information content (AvgIpc) is 2.16. The monoisotopic (exact) mass is 250 g/mol. The molecule has 0 amide bonds. The fourth-order valence-electron chi connectivity index (χ4n) is 1.41. The van der Waals surface area contributed by atoms with Crippen LogP contribution in [0.1, 0.15) is 25.0 Å². The normalized spacial score (nSPS) is 15.9. The van der Waals surface area contributed by atoms with Gasteiger partial charge in [-0.3, -0.25) is 0 Å². The van der Waals surface area contributed by atoms with E-state index in [2.05, 4.69) is 0 Å². The van der Waals surface area contributed by atoms with E-state index in [1.807, 2.05) is 13.8 Å². The van der Waals surface area contributed by atoms with Crippen molar-refractivity contribution in [3.05, 3.63) is 35.4 Å². The predicted octanol–water partition coefficient (Wildman–Crippen LogP) is 4.51. The van der Waals surface area contributed by atoms with Gasteiger partial charge in [0, 0.05) is 5.38 Å². The molecule has 0 aliphatic heterocycles. The van der Waals surface area contributed by atoms with Gasteiger partial charge >= 0.3 is 6.18 Å². The van der Waals surface area contributed by atoms with E-state index in [1.54, 1.807) is 6.07 Å². The first-order chi connectivity index (χ1) is 7.30. The molecule has 0 aliphatic carbocycles. The Morgan fingerprint density at radius 3 is 2.38 bits per heavy atom. The zero-order valence-electron chi connectivity index (χ0n) is 9.18. The van der Waals surface area contributed by atoms with Crippen LogP contribution >= 0.6 is 11.6 Å². The van der Waals surface area contributed by atoms with Crippen molar-refractivity contribution in [3.63, 3.8) is 0 Å². The van der Waals surface area contributed by atoms with Crippen molar-refractivity contribution in [1.29, 1.82) is 0 Å². The average molecular weight is 251 g/mol. The van der Waals surface area contributed by atoms with E-state index in [4.69, 9.17) is 11.6 Å². The standard InChI is InChI=1S/C12H14ClF3/c1-8(9(2)13)6-10-4-3-5-11(7-10)12(14,15)16/h3-5,7-9H,6H2,1-2H3. The number of alkyl halides is 4. The van der Waals surface area contributed by atoms with Crippen LogP contribution in [-0.4, -0.2) is 5.38 Å². The van der Waals surface area contributed by atoms with Gasteiger partial charge in [-0.2, -0.15) is 13.2 Å². The van der Waals surface area contributed by atoms with Crippen LogP contribution in [0, 0.1) is 5.92 Å². The Morgan fingerprint density at radius 2 is 1.88 bits per heavy atom. The predicted molar refractivity (Wildman–Crippen MR) is 59.6 cm³/mol. The molecule has 2 atom stereocenters. The lowest BCUT2D eigenvalue weighted by atomic mass is 9.97. The largest absolute Gasteiger partial charge is 0.416 e.